The number of nitrogens with zero attached hydrogens (tertiary/aromatic N) is 2. The summed E-state index contributed by atoms with van der Waals surface area (Å²) < 4.78 is 11.0. The SMILES string of the molecule is COc1ccc([N+](=O)[O-])cc1-c1ccc(/C=C2\C(=O)NC(=O)N(c3ccc(C)cc3)C2=O)o1. The second-order valence-corrected chi connectivity index (χ2v) is 7.14. The zero-order valence-electron chi connectivity index (χ0n) is 17.5. The van der Waals surface area contributed by atoms with Crippen molar-refractivity contribution in [2.24, 2.45) is 0 Å². The fourth-order valence-corrected chi connectivity index (χ4v) is 3.31. The van der Waals surface area contributed by atoms with Crippen LogP contribution in [0.4, 0.5) is 16.2 Å². The van der Waals surface area contributed by atoms with Gasteiger partial charge in [-0.2, -0.15) is 0 Å². The van der Waals surface area contributed by atoms with Crippen molar-refractivity contribution in [1.82, 2.24) is 5.32 Å². The summed E-state index contributed by atoms with van der Waals surface area (Å²) in [6.45, 7) is 1.86. The lowest BCUT2D eigenvalue weighted by Crippen LogP contribution is -2.54. The zero-order valence-corrected chi connectivity index (χ0v) is 17.5. The molecule has 1 aliphatic rings. The Kier molecular flexibility index (Phi) is 5.49. The Balaban J connectivity index is 1.70. The van der Waals surface area contributed by atoms with E-state index in [-0.39, 0.29) is 22.8 Å². The maximum atomic E-state index is 13.0. The van der Waals surface area contributed by atoms with Gasteiger partial charge in [0.05, 0.1) is 23.3 Å². The number of urea groups is 1. The second-order valence-electron chi connectivity index (χ2n) is 7.14. The Morgan fingerprint density at radius 2 is 1.79 bits per heavy atom. The number of benzene rings is 2. The maximum absolute atomic E-state index is 13.0. The Bertz CT molecular complexity index is 1320. The molecule has 1 saturated heterocycles. The molecule has 4 amide bonds. The highest BCUT2D eigenvalue weighted by Crippen LogP contribution is 2.35. The van der Waals surface area contributed by atoms with Crippen molar-refractivity contribution >= 4 is 35.3 Å². The van der Waals surface area contributed by atoms with E-state index in [1.54, 1.807) is 24.3 Å². The Hall–Kier alpha value is -4.73. The molecule has 0 atom stereocenters. The molecule has 166 valence electrons. The van der Waals surface area contributed by atoms with Gasteiger partial charge in [-0.15, -0.1) is 0 Å². The Labute approximate surface area is 187 Å². The average molecular weight is 447 g/mol. The van der Waals surface area contributed by atoms with Crippen molar-refractivity contribution in [2.75, 3.05) is 12.0 Å². The summed E-state index contributed by atoms with van der Waals surface area (Å²) in [4.78, 5) is 49.1. The third kappa shape index (κ3) is 4.09. The van der Waals surface area contributed by atoms with Crippen molar-refractivity contribution in [3.63, 3.8) is 0 Å². The lowest BCUT2D eigenvalue weighted by atomic mass is 10.1. The van der Waals surface area contributed by atoms with E-state index in [1.165, 1.54) is 43.5 Å². The van der Waals surface area contributed by atoms with Crippen molar-refractivity contribution in [1.29, 1.82) is 0 Å². The van der Waals surface area contributed by atoms with Crippen LogP contribution in [0.25, 0.3) is 17.4 Å². The summed E-state index contributed by atoms with van der Waals surface area (Å²) >= 11 is 0. The van der Waals surface area contributed by atoms with Crippen LogP contribution >= 0.6 is 0 Å². The van der Waals surface area contributed by atoms with Crippen LogP contribution in [0, 0.1) is 17.0 Å². The number of amides is 4. The molecule has 2 aromatic carbocycles. The second kappa shape index (κ2) is 8.42. The zero-order chi connectivity index (χ0) is 23.7. The molecule has 1 aliphatic heterocycles. The van der Waals surface area contributed by atoms with Crippen molar-refractivity contribution < 1.29 is 28.5 Å². The number of methoxy groups -OCH3 is 1. The number of nitro groups is 1. The van der Waals surface area contributed by atoms with Gasteiger partial charge in [0.25, 0.3) is 17.5 Å². The van der Waals surface area contributed by atoms with E-state index in [9.17, 15) is 24.5 Å². The van der Waals surface area contributed by atoms with Crippen LogP contribution in [-0.2, 0) is 9.59 Å². The highest BCUT2D eigenvalue weighted by atomic mass is 16.6. The molecule has 1 fully saturated rings. The molecule has 0 spiro atoms. The molecule has 10 heteroatoms. The average Bonchev–Trinajstić information content (AvgIpc) is 3.26. The number of hydrogen-bond acceptors (Lipinski definition) is 7. The van der Waals surface area contributed by atoms with Crippen LogP contribution in [-0.4, -0.2) is 29.9 Å². The molecule has 0 bridgehead atoms. The van der Waals surface area contributed by atoms with Crippen LogP contribution in [0.3, 0.4) is 0 Å². The minimum Gasteiger partial charge on any atom is -0.496 e. The van der Waals surface area contributed by atoms with E-state index in [4.69, 9.17) is 9.15 Å². The highest BCUT2D eigenvalue weighted by Gasteiger charge is 2.37. The van der Waals surface area contributed by atoms with E-state index in [1.807, 2.05) is 6.92 Å². The molecule has 10 nitrogen and oxygen atoms in total. The molecule has 0 aliphatic carbocycles. The van der Waals surface area contributed by atoms with Crippen molar-refractivity contribution in [3.05, 3.63) is 81.6 Å². The number of anilines is 1. The normalized spacial score (nSPS) is 15.0. The van der Waals surface area contributed by atoms with Gasteiger partial charge in [-0.3, -0.25) is 25.0 Å². The minimum atomic E-state index is -0.862. The van der Waals surface area contributed by atoms with Gasteiger partial charge in [0.2, 0.25) is 0 Å². The van der Waals surface area contributed by atoms with Gasteiger partial charge in [0, 0.05) is 12.1 Å². The number of carbonyl (C=O) groups excluding carboxylic acids is 3. The predicted molar refractivity (Wildman–Crippen MR) is 118 cm³/mol. The largest absolute Gasteiger partial charge is 0.496 e. The van der Waals surface area contributed by atoms with Gasteiger partial charge in [-0.25, -0.2) is 9.69 Å². The first kappa shape index (κ1) is 21.5. The first-order valence-electron chi connectivity index (χ1n) is 9.69. The number of barbiturate groups is 1. The summed E-state index contributed by atoms with van der Waals surface area (Å²) in [5.74, 6) is -0.956. The number of nitro benzene ring substituents is 1. The molecular weight excluding hydrogens is 430 g/mol. The lowest BCUT2D eigenvalue weighted by Gasteiger charge is -2.26. The number of aryl methyl sites for hydroxylation is 1. The van der Waals surface area contributed by atoms with Crippen LogP contribution in [0.2, 0.25) is 0 Å². The number of ether oxygens (including phenoxy) is 1. The van der Waals surface area contributed by atoms with Crippen LogP contribution in [0.1, 0.15) is 11.3 Å². The Morgan fingerprint density at radius 1 is 1.06 bits per heavy atom. The smallest absolute Gasteiger partial charge is 0.335 e. The highest BCUT2D eigenvalue weighted by molar-refractivity contribution is 6.39. The van der Waals surface area contributed by atoms with Gasteiger partial charge in [0.1, 0.15) is 22.8 Å². The lowest BCUT2D eigenvalue weighted by molar-refractivity contribution is -0.384. The molecule has 33 heavy (non-hydrogen) atoms. The van der Waals surface area contributed by atoms with E-state index in [0.29, 0.717) is 17.0 Å². The Morgan fingerprint density at radius 3 is 2.45 bits per heavy atom. The maximum Gasteiger partial charge on any atom is 0.335 e. The number of rotatable bonds is 5. The fourth-order valence-electron chi connectivity index (χ4n) is 3.31. The van der Waals surface area contributed by atoms with E-state index < -0.39 is 22.8 Å². The van der Waals surface area contributed by atoms with Gasteiger partial charge in [-0.05, 0) is 43.3 Å². The van der Waals surface area contributed by atoms with Crippen LogP contribution in [0.15, 0.2) is 64.6 Å². The van der Waals surface area contributed by atoms with Crippen LogP contribution in [0.5, 0.6) is 5.75 Å². The number of nitrogens with one attached hydrogen (secondary N) is 1. The van der Waals surface area contributed by atoms with E-state index in [0.717, 1.165) is 10.5 Å². The van der Waals surface area contributed by atoms with Crippen LogP contribution < -0.4 is 15.0 Å². The molecule has 3 aromatic rings. The van der Waals surface area contributed by atoms with Gasteiger partial charge in [-0.1, -0.05) is 17.7 Å². The van der Waals surface area contributed by atoms with Crippen molar-refractivity contribution in [3.8, 4) is 17.1 Å². The third-order valence-corrected chi connectivity index (χ3v) is 4.97. The van der Waals surface area contributed by atoms with E-state index >= 15 is 0 Å². The topological polar surface area (TPSA) is 132 Å². The number of imide groups is 2. The first-order valence-corrected chi connectivity index (χ1v) is 9.69. The predicted octanol–water partition coefficient (Wildman–Crippen LogP) is 3.84. The number of carbonyl (C=O) groups is 3. The monoisotopic (exact) mass is 447 g/mol. The number of furan rings is 1. The molecule has 0 saturated carbocycles. The summed E-state index contributed by atoms with van der Waals surface area (Å²) in [6.07, 6.45) is 1.21. The third-order valence-electron chi connectivity index (χ3n) is 4.97. The summed E-state index contributed by atoms with van der Waals surface area (Å²) in [6, 6.07) is 12.9. The number of non-ortho nitro benzene ring substituents is 1. The minimum absolute atomic E-state index is 0.135. The van der Waals surface area contributed by atoms with Gasteiger partial charge in [0.15, 0.2) is 0 Å². The quantitative estimate of drug-likeness (QED) is 0.272. The molecule has 1 aromatic heterocycles. The molecule has 0 radical (unpaired) electrons. The molecule has 4 rings (SSSR count). The van der Waals surface area contributed by atoms with Gasteiger partial charge >= 0.3 is 6.03 Å². The molecular formula is C23H17N3O7. The fraction of sp³-hybridized carbons (Fsp3) is 0.0870. The molecule has 1 N–H and O–H groups in total. The summed E-state index contributed by atoms with van der Waals surface area (Å²) in [7, 11) is 1.41. The number of hydrogen-bond donors (Lipinski definition) is 1. The van der Waals surface area contributed by atoms with E-state index in [2.05, 4.69) is 5.32 Å². The standard InChI is InChI=1S/C23H17N3O7/c1-13-3-5-14(6-4-13)25-22(28)18(21(27)24-23(25)29)12-16-8-10-20(33-16)17-11-15(26(30)31)7-9-19(17)32-2/h3-12H,1-2H3,(H,24,27,29)/b18-12+. The summed E-state index contributed by atoms with van der Waals surface area (Å²) in [5, 5.41) is 13.3. The summed E-state index contributed by atoms with van der Waals surface area (Å²) in [5.41, 5.74) is 1.11. The van der Waals surface area contributed by atoms with Gasteiger partial charge < -0.3 is 9.15 Å². The van der Waals surface area contributed by atoms with Crippen molar-refractivity contribution in [2.45, 2.75) is 6.92 Å². The molecule has 2 heterocycles. The first-order chi connectivity index (χ1) is 15.8. The molecule has 0 unspecified atom stereocenters.